The summed E-state index contributed by atoms with van der Waals surface area (Å²) in [7, 11) is -1.59. The molecule has 0 fully saturated rings. The molecule has 1 heterocycles. The van der Waals surface area contributed by atoms with Crippen LogP contribution in [0.2, 0.25) is 19.6 Å². The van der Waals surface area contributed by atoms with Crippen LogP contribution in [0.1, 0.15) is 0 Å². The predicted molar refractivity (Wildman–Crippen MR) is 71.8 cm³/mol. The summed E-state index contributed by atoms with van der Waals surface area (Å²) in [6.45, 7) is 6.80. The van der Waals surface area contributed by atoms with Crippen molar-refractivity contribution in [2.75, 3.05) is 4.57 Å². The van der Waals surface area contributed by atoms with Crippen LogP contribution in [0.3, 0.4) is 0 Å². The number of nitrogens with zero attached hydrogens (tertiary/aromatic N) is 4. The molecule has 1 aromatic carbocycles. The van der Waals surface area contributed by atoms with Gasteiger partial charge in [0.25, 0.3) is 0 Å². The molecule has 5 heteroatoms. The lowest BCUT2D eigenvalue weighted by atomic mass is 10.3. The third-order valence-electron chi connectivity index (χ3n) is 2.36. The molecule has 0 unspecified atom stereocenters. The molecule has 0 bridgehead atoms. The lowest BCUT2D eigenvalue weighted by Gasteiger charge is -2.34. The Bertz CT molecular complexity index is 427. The zero-order valence-corrected chi connectivity index (χ0v) is 11.3. The molecule has 0 saturated heterocycles. The highest BCUT2D eigenvalue weighted by Gasteiger charge is 2.27. The van der Waals surface area contributed by atoms with Gasteiger partial charge < -0.3 is 4.57 Å². The quantitative estimate of drug-likeness (QED) is 0.779. The molecule has 88 valence electrons. The summed E-state index contributed by atoms with van der Waals surface area (Å²) in [5, 5.41) is 0. The van der Waals surface area contributed by atoms with Crippen LogP contribution in [0.4, 0.5) is 11.6 Å². The van der Waals surface area contributed by atoms with Crippen LogP contribution in [0.5, 0.6) is 0 Å². The van der Waals surface area contributed by atoms with Gasteiger partial charge in [0, 0.05) is 5.69 Å². The fraction of sp³-hybridized carbons (Fsp3) is 0.250. The molecule has 4 nitrogen and oxygen atoms in total. The maximum atomic E-state index is 4.26. The maximum absolute atomic E-state index is 4.26. The van der Waals surface area contributed by atoms with E-state index in [1.54, 1.807) is 12.7 Å². The van der Waals surface area contributed by atoms with Crippen LogP contribution in [-0.2, 0) is 0 Å². The molecule has 2 aromatic rings. The Morgan fingerprint density at radius 3 is 2.06 bits per heavy atom. The minimum Gasteiger partial charge on any atom is -0.339 e. The van der Waals surface area contributed by atoms with Crippen molar-refractivity contribution in [3.8, 4) is 0 Å². The Hall–Kier alpha value is -1.75. The number of benzene rings is 1. The third kappa shape index (κ3) is 2.68. The molecule has 2 rings (SSSR count). The smallest absolute Gasteiger partial charge is 0.224 e. The van der Waals surface area contributed by atoms with Crippen molar-refractivity contribution in [2.45, 2.75) is 19.6 Å². The van der Waals surface area contributed by atoms with Crippen LogP contribution in [-0.4, -0.2) is 23.2 Å². The highest BCUT2D eigenvalue weighted by molar-refractivity contribution is 6.80. The first-order valence-corrected chi connectivity index (χ1v) is 9.01. The van der Waals surface area contributed by atoms with Gasteiger partial charge in [0.05, 0.1) is 0 Å². The summed E-state index contributed by atoms with van der Waals surface area (Å²) in [4.78, 5) is 12.4. The van der Waals surface area contributed by atoms with Gasteiger partial charge in [0.15, 0.2) is 8.24 Å². The minimum atomic E-state index is -1.59. The Kier molecular flexibility index (Phi) is 3.19. The molecule has 17 heavy (non-hydrogen) atoms. The summed E-state index contributed by atoms with van der Waals surface area (Å²) >= 11 is 0. The van der Waals surface area contributed by atoms with E-state index in [0.29, 0.717) is 0 Å². The Morgan fingerprint density at radius 2 is 1.53 bits per heavy atom. The van der Waals surface area contributed by atoms with E-state index in [9.17, 15) is 0 Å². The van der Waals surface area contributed by atoms with E-state index in [2.05, 4.69) is 51.3 Å². The van der Waals surface area contributed by atoms with Crippen molar-refractivity contribution in [2.24, 2.45) is 0 Å². The molecule has 0 spiro atoms. The average Bonchev–Trinajstić information content (AvgIpc) is 2.30. The molecular weight excluding hydrogens is 228 g/mol. The normalized spacial score (nSPS) is 11.2. The predicted octanol–water partition coefficient (Wildman–Crippen LogP) is 2.84. The average molecular weight is 244 g/mol. The van der Waals surface area contributed by atoms with Crippen LogP contribution in [0.15, 0.2) is 43.0 Å². The standard InChI is InChI=1S/C12H16N4Si/c1-17(2,3)16(11-7-5-4-6-8-11)12-14-9-13-10-15-12/h4-10H,1-3H3. The zero-order valence-electron chi connectivity index (χ0n) is 10.3. The Labute approximate surface area is 102 Å². The molecule has 0 N–H and O–H groups in total. The van der Waals surface area contributed by atoms with Gasteiger partial charge in [-0.2, -0.15) is 0 Å². The lowest BCUT2D eigenvalue weighted by Crippen LogP contribution is -2.43. The van der Waals surface area contributed by atoms with E-state index < -0.39 is 8.24 Å². The Morgan fingerprint density at radius 1 is 0.941 bits per heavy atom. The van der Waals surface area contributed by atoms with E-state index in [4.69, 9.17) is 0 Å². The topological polar surface area (TPSA) is 41.9 Å². The third-order valence-corrected chi connectivity index (χ3v) is 4.16. The molecule has 0 saturated carbocycles. The summed E-state index contributed by atoms with van der Waals surface area (Å²) in [5.41, 5.74) is 1.14. The fourth-order valence-corrected chi connectivity index (χ4v) is 3.37. The van der Waals surface area contributed by atoms with E-state index in [0.717, 1.165) is 11.6 Å². The van der Waals surface area contributed by atoms with Gasteiger partial charge in [0.2, 0.25) is 5.95 Å². The van der Waals surface area contributed by atoms with Crippen molar-refractivity contribution in [3.05, 3.63) is 43.0 Å². The van der Waals surface area contributed by atoms with Gasteiger partial charge in [-0.1, -0.05) is 37.8 Å². The summed E-state index contributed by atoms with van der Waals surface area (Å²) in [6, 6.07) is 10.2. The van der Waals surface area contributed by atoms with Gasteiger partial charge in [-0.05, 0) is 12.1 Å². The highest BCUT2D eigenvalue weighted by atomic mass is 28.3. The molecule has 0 amide bonds. The van der Waals surface area contributed by atoms with Crippen LogP contribution >= 0.6 is 0 Å². The van der Waals surface area contributed by atoms with Gasteiger partial charge in [-0.15, -0.1) is 0 Å². The first kappa shape index (κ1) is 11.7. The first-order valence-electron chi connectivity index (χ1n) is 5.56. The summed E-state index contributed by atoms with van der Waals surface area (Å²) in [6.07, 6.45) is 3.08. The van der Waals surface area contributed by atoms with Crippen LogP contribution in [0.25, 0.3) is 0 Å². The lowest BCUT2D eigenvalue weighted by molar-refractivity contribution is 1.02. The first-order chi connectivity index (χ1) is 8.09. The van der Waals surface area contributed by atoms with Gasteiger partial charge in [-0.25, -0.2) is 15.0 Å². The minimum absolute atomic E-state index is 0.727. The van der Waals surface area contributed by atoms with E-state index >= 15 is 0 Å². The van der Waals surface area contributed by atoms with Crippen molar-refractivity contribution in [1.29, 1.82) is 0 Å². The van der Waals surface area contributed by atoms with Crippen molar-refractivity contribution < 1.29 is 0 Å². The Balaban J connectivity index is 2.48. The highest BCUT2D eigenvalue weighted by Crippen LogP contribution is 2.27. The number of para-hydroxylation sites is 1. The maximum Gasteiger partial charge on any atom is 0.224 e. The number of anilines is 2. The van der Waals surface area contributed by atoms with Gasteiger partial charge in [-0.3, -0.25) is 0 Å². The molecule has 0 aliphatic heterocycles. The molecule has 0 aliphatic rings. The van der Waals surface area contributed by atoms with Crippen molar-refractivity contribution >= 4 is 19.9 Å². The van der Waals surface area contributed by atoms with Crippen molar-refractivity contribution in [1.82, 2.24) is 15.0 Å². The number of hydrogen-bond acceptors (Lipinski definition) is 4. The van der Waals surface area contributed by atoms with Crippen LogP contribution < -0.4 is 4.57 Å². The van der Waals surface area contributed by atoms with Crippen LogP contribution in [0, 0.1) is 0 Å². The molecule has 0 aliphatic carbocycles. The fourth-order valence-electron chi connectivity index (χ4n) is 1.73. The van der Waals surface area contributed by atoms with Crippen molar-refractivity contribution in [3.63, 3.8) is 0 Å². The number of aromatic nitrogens is 3. The second-order valence-corrected chi connectivity index (χ2v) is 9.57. The van der Waals surface area contributed by atoms with E-state index in [1.165, 1.54) is 0 Å². The second-order valence-electron chi connectivity index (χ2n) is 4.78. The van der Waals surface area contributed by atoms with E-state index in [-0.39, 0.29) is 0 Å². The second kappa shape index (κ2) is 4.63. The largest absolute Gasteiger partial charge is 0.339 e. The molecular formula is C12H16N4Si. The van der Waals surface area contributed by atoms with E-state index in [1.807, 2.05) is 18.2 Å². The summed E-state index contributed by atoms with van der Waals surface area (Å²) < 4.78 is 2.23. The summed E-state index contributed by atoms with van der Waals surface area (Å²) in [5.74, 6) is 0.727. The SMILES string of the molecule is C[Si](C)(C)N(c1ccccc1)c1ncncn1. The molecule has 1 aromatic heterocycles. The zero-order chi connectivity index (χ0) is 12.3. The molecule has 0 atom stereocenters. The molecule has 0 radical (unpaired) electrons. The monoisotopic (exact) mass is 244 g/mol. The number of rotatable bonds is 3. The van der Waals surface area contributed by atoms with Gasteiger partial charge >= 0.3 is 0 Å². The number of hydrogen-bond donors (Lipinski definition) is 0. The van der Waals surface area contributed by atoms with Gasteiger partial charge in [0.1, 0.15) is 12.7 Å².